The van der Waals surface area contributed by atoms with Gasteiger partial charge in [-0.05, 0) is 48.6 Å². The number of amides is 1. The maximum absolute atomic E-state index is 13.5. The largest absolute Gasteiger partial charge is 0.359 e. The lowest BCUT2D eigenvalue weighted by Crippen LogP contribution is -2.50. The number of carbonyl (C=O) groups excluding carboxylic acids is 1. The van der Waals surface area contributed by atoms with E-state index in [1.54, 1.807) is 12.1 Å². The number of rotatable bonds is 11. The third-order valence-electron chi connectivity index (χ3n) is 6.53. The summed E-state index contributed by atoms with van der Waals surface area (Å²) in [5, 5.41) is 2.97. The topological polar surface area (TPSA) is 74.5 Å². The lowest BCUT2D eigenvalue weighted by Gasteiger charge is -2.28. The Labute approximate surface area is 204 Å². The zero-order valence-corrected chi connectivity index (χ0v) is 21.5. The molecule has 0 saturated heterocycles. The molecule has 186 valence electrons. The van der Waals surface area contributed by atoms with E-state index in [1.807, 2.05) is 55.0 Å². The predicted octanol–water partition coefficient (Wildman–Crippen LogP) is 3.46. The summed E-state index contributed by atoms with van der Waals surface area (Å²) in [5.74, 6) is 10.8. The van der Waals surface area contributed by atoms with E-state index in [1.165, 1.54) is 6.42 Å². The number of pyridine rings is 1. The second-order valence-corrected chi connectivity index (χ2v) is 12.7. The molecular weight excluding hydrogens is 449 g/mol. The van der Waals surface area contributed by atoms with E-state index in [0.717, 1.165) is 12.1 Å². The van der Waals surface area contributed by atoms with Crippen LogP contribution in [0.5, 0.6) is 0 Å². The highest BCUT2D eigenvalue weighted by atomic mass is 32.2. The monoisotopic (exact) mass is 487 g/mol. The molecule has 4 atom stereocenters. The lowest BCUT2D eigenvalue weighted by molar-refractivity contribution is 0.0928. The minimum atomic E-state index is -1.59. The van der Waals surface area contributed by atoms with Gasteiger partial charge in [0.25, 0.3) is 5.91 Å². The first-order valence-corrected chi connectivity index (χ1v) is 13.9. The third kappa shape index (κ3) is 6.73. The third-order valence-corrected chi connectivity index (χ3v) is 8.04. The molecule has 1 saturated carbocycles. The fraction of sp³-hybridized carbons (Fsp3) is 0.462. The Morgan fingerprint density at radius 2 is 1.88 bits per heavy atom. The summed E-state index contributed by atoms with van der Waals surface area (Å²) in [6.45, 7) is 2.40. The molecule has 34 heavy (non-hydrogen) atoms. The number of halogens is 1. The number of nitrogens with one attached hydrogen (secondary N) is 1. The van der Waals surface area contributed by atoms with Crippen LogP contribution in [0, 0.1) is 11.8 Å². The van der Waals surface area contributed by atoms with E-state index in [9.17, 15) is 9.18 Å². The normalized spacial score (nSPS) is 19.2. The summed E-state index contributed by atoms with van der Waals surface area (Å²) >= 11 is 0. The van der Waals surface area contributed by atoms with Gasteiger partial charge in [-0.15, -0.1) is 9.39 Å². The number of aromatic nitrogens is 1. The molecule has 2 aromatic rings. The highest BCUT2D eigenvalue weighted by Gasteiger charge is 2.33. The van der Waals surface area contributed by atoms with Gasteiger partial charge >= 0.3 is 0 Å². The highest BCUT2D eigenvalue weighted by molar-refractivity contribution is 8.28. The van der Waals surface area contributed by atoms with Crippen molar-refractivity contribution in [3.05, 3.63) is 53.6 Å². The molecule has 1 aromatic carbocycles. The number of nitrogens with zero attached hydrogens (tertiary/aromatic N) is 3. The summed E-state index contributed by atoms with van der Waals surface area (Å²) in [5.41, 5.74) is 7.49. The van der Waals surface area contributed by atoms with E-state index < -0.39 is 28.2 Å². The van der Waals surface area contributed by atoms with E-state index >= 15 is 0 Å². The lowest BCUT2D eigenvalue weighted by atomic mass is 10.00. The molecule has 0 bridgehead atoms. The van der Waals surface area contributed by atoms with Gasteiger partial charge in [0, 0.05) is 26.2 Å². The maximum Gasteiger partial charge on any atom is 0.251 e. The Morgan fingerprint density at radius 3 is 2.44 bits per heavy atom. The number of anilines is 2. The van der Waals surface area contributed by atoms with Crippen molar-refractivity contribution in [3.63, 3.8) is 0 Å². The van der Waals surface area contributed by atoms with Crippen LogP contribution in [0.3, 0.4) is 0 Å². The Balaban J connectivity index is 1.89. The number of hydrogen-bond acceptors (Lipinski definition) is 5. The Morgan fingerprint density at radius 1 is 1.26 bits per heavy atom. The van der Waals surface area contributed by atoms with Crippen LogP contribution in [0.1, 0.15) is 29.3 Å². The van der Waals surface area contributed by atoms with E-state index in [0.29, 0.717) is 35.5 Å². The Bertz CT molecular complexity index is 1090. The standard InChI is InChI=1S/C26H38FN5OS/c1-18-12-21(18)17-31(2)24-14-20(15-25(30-24)32(3)34(4,5)6)26(33)29-23(22(28)16-27)13-19-10-8-7-9-11-19/h7-11,14-15,18,21-23H,4-5,12-13,16-17,28H2,1-3,6H3,(H,29,33)/t18?,21?,22-,23-/m0/s1. The van der Waals surface area contributed by atoms with Crippen LogP contribution >= 0.6 is 9.39 Å². The van der Waals surface area contributed by atoms with Gasteiger partial charge in [0.15, 0.2) is 0 Å². The molecule has 8 heteroatoms. The van der Waals surface area contributed by atoms with Crippen molar-refractivity contribution in [2.75, 3.05) is 42.8 Å². The van der Waals surface area contributed by atoms with Crippen molar-refractivity contribution in [1.82, 2.24) is 10.3 Å². The molecule has 2 unspecified atom stereocenters. The summed E-state index contributed by atoms with van der Waals surface area (Å²) in [7, 11) is 2.30. The van der Waals surface area contributed by atoms with Gasteiger partial charge < -0.3 is 20.3 Å². The zero-order valence-electron chi connectivity index (χ0n) is 20.7. The number of benzene rings is 1. The maximum atomic E-state index is 13.5. The van der Waals surface area contributed by atoms with Crippen LogP contribution in [0.4, 0.5) is 16.0 Å². The zero-order chi connectivity index (χ0) is 25.0. The van der Waals surface area contributed by atoms with Crippen molar-refractivity contribution < 1.29 is 9.18 Å². The molecule has 1 aromatic heterocycles. The molecule has 0 radical (unpaired) electrons. The van der Waals surface area contributed by atoms with Gasteiger partial charge in [-0.1, -0.05) is 49.0 Å². The minimum Gasteiger partial charge on any atom is -0.359 e. The SMILES string of the molecule is C=S(=C)(C)N(C)c1cc(C(=O)N[C@@H](Cc2ccccc2)[C@@H](N)CF)cc(N(C)CC2CC2C)n1. The molecule has 3 rings (SSSR count). The van der Waals surface area contributed by atoms with Crippen molar-refractivity contribution in [1.29, 1.82) is 0 Å². The van der Waals surface area contributed by atoms with Crippen molar-refractivity contribution in [2.45, 2.75) is 31.8 Å². The first-order valence-electron chi connectivity index (χ1n) is 11.6. The summed E-state index contributed by atoms with van der Waals surface area (Å²) in [4.78, 5) is 20.3. The van der Waals surface area contributed by atoms with E-state index in [-0.39, 0.29) is 5.91 Å². The molecule has 1 aliphatic rings. The molecule has 1 aliphatic carbocycles. The molecule has 6 nitrogen and oxygen atoms in total. The molecule has 0 aliphatic heterocycles. The predicted molar refractivity (Wildman–Crippen MR) is 146 cm³/mol. The van der Waals surface area contributed by atoms with Gasteiger partial charge in [0.2, 0.25) is 0 Å². The van der Waals surface area contributed by atoms with E-state index in [4.69, 9.17) is 10.7 Å². The minimum absolute atomic E-state index is 0.304. The van der Waals surface area contributed by atoms with Crippen molar-refractivity contribution in [2.24, 2.45) is 17.6 Å². The Kier molecular flexibility index (Phi) is 8.25. The Hall–Kier alpha value is -2.58. The molecular formula is C26H38FN5OS. The summed E-state index contributed by atoms with van der Waals surface area (Å²) < 4.78 is 15.4. The fourth-order valence-electron chi connectivity index (χ4n) is 3.85. The average Bonchev–Trinajstić information content (AvgIpc) is 3.51. The quantitative estimate of drug-likeness (QED) is 0.475. The van der Waals surface area contributed by atoms with Gasteiger partial charge in [-0.25, -0.2) is 9.37 Å². The highest BCUT2D eigenvalue weighted by Crippen LogP contribution is 2.39. The number of alkyl halides is 1. The van der Waals surface area contributed by atoms with Crippen LogP contribution in [-0.4, -0.2) is 68.3 Å². The van der Waals surface area contributed by atoms with Crippen LogP contribution in [0.25, 0.3) is 0 Å². The second kappa shape index (κ2) is 10.8. The van der Waals surface area contributed by atoms with E-state index in [2.05, 4.69) is 28.9 Å². The van der Waals surface area contributed by atoms with Crippen LogP contribution < -0.4 is 20.3 Å². The summed E-state index contributed by atoms with van der Waals surface area (Å²) in [6, 6.07) is 11.8. The molecule has 1 amide bonds. The van der Waals surface area contributed by atoms with Crippen molar-refractivity contribution in [3.8, 4) is 0 Å². The molecule has 3 N–H and O–H groups in total. The fourth-order valence-corrected chi connectivity index (χ4v) is 4.40. The smallest absolute Gasteiger partial charge is 0.251 e. The van der Waals surface area contributed by atoms with Crippen molar-refractivity contribution >= 4 is 38.7 Å². The first kappa shape index (κ1) is 26.0. The van der Waals surface area contributed by atoms with Crippen LogP contribution in [0.2, 0.25) is 0 Å². The first-order chi connectivity index (χ1) is 16.0. The second-order valence-electron chi connectivity index (χ2n) is 9.73. The number of nitrogens with two attached hydrogens (primary N) is 1. The van der Waals surface area contributed by atoms with Gasteiger partial charge in [0.05, 0.1) is 12.1 Å². The van der Waals surface area contributed by atoms with Gasteiger partial charge in [0.1, 0.15) is 18.3 Å². The molecule has 0 spiro atoms. The van der Waals surface area contributed by atoms with Crippen LogP contribution in [0.15, 0.2) is 42.5 Å². The van der Waals surface area contributed by atoms with Gasteiger partial charge in [-0.2, -0.15) is 0 Å². The van der Waals surface area contributed by atoms with Crippen LogP contribution in [-0.2, 0) is 6.42 Å². The molecule has 1 fully saturated rings. The average molecular weight is 488 g/mol. The van der Waals surface area contributed by atoms with Gasteiger partial charge in [-0.3, -0.25) is 4.79 Å². The number of hydrogen-bond donors (Lipinski definition) is 2. The molecule has 1 heterocycles. The number of carbonyl (C=O) groups is 1. The summed E-state index contributed by atoms with van der Waals surface area (Å²) in [6.07, 6.45) is 3.62.